The van der Waals surface area contributed by atoms with Gasteiger partial charge in [0, 0.05) is 12.6 Å². The molecular formula is C6H6F3NO. The second kappa shape index (κ2) is 2.94. The molecule has 0 radical (unpaired) electrons. The van der Waals surface area contributed by atoms with Gasteiger partial charge in [0.15, 0.2) is 5.90 Å². The van der Waals surface area contributed by atoms with Crippen LogP contribution in [0.4, 0.5) is 13.2 Å². The highest BCUT2D eigenvalue weighted by atomic mass is 19.4. The Morgan fingerprint density at radius 2 is 2.18 bits per heavy atom. The molecule has 0 saturated carbocycles. The highest BCUT2D eigenvalue weighted by Gasteiger charge is 2.32. The molecule has 1 aliphatic heterocycles. The first-order valence-electron chi connectivity index (χ1n) is 3.05. The molecule has 0 unspecified atom stereocenters. The van der Waals surface area contributed by atoms with Crippen LogP contribution < -0.4 is 0 Å². The lowest BCUT2D eigenvalue weighted by Crippen LogP contribution is -2.19. The Balaban J connectivity index is 2.49. The predicted molar refractivity (Wildman–Crippen MR) is 32.9 cm³/mol. The summed E-state index contributed by atoms with van der Waals surface area (Å²) in [7, 11) is 0. The Hall–Kier alpha value is -1.00. The van der Waals surface area contributed by atoms with E-state index in [1.807, 2.05) is 0 Å². The van der Waals surface area contributed by atoms with Crippen molar-refractivity contribution in [3.63, 3.8) is 0 Å². The average Bonchev–Trinajstić information content (AvgIpc) is 1.85. The van der Waals surface area contributed by atoms with Gasteiger partial charge >= 0.3 is 6.36 Å². The molecule has 2 nitrogen and oxygen atoms in total. The van der Waals surface area contributed by atoms with Gasteiger partial charge in [0.05, 0.1) is 0 Å². The van der Waals surface area contributed by atoms with Gasteiger partial charge in [-0.2, -0.15) is 0 Å². The number of hydrogen-bond acceptors (Lipinski definition) is 2. The molecule has 0 saturated heterocycles. The second-order valence-electron chi connectivity index (χ2n) is 1.99. The van der Waals surface area contributed by atoms with E-state index >= 15 is 0 Å². The zero-order valence-corrected chi connectivity index (χ0v) is 5.56. The topological polar surface area (TPSA) is 21.6 Å². The summed E-state index contributed by atoms with van der Waals surface area (Å²) in [6.45, 7) is 0. The van der Waals surface area contributed by atoms with Crippen LogP contribution in [0, 0.1) is 0 Å². The lowest BCUT2D eigenvalue weighted by Gasteiger charge is -2.11. The van der Waals surface area contributed by atoms with Crippen molar-refractivity contribution in [3.05, 3.63) is 12.3 Å². The van der Waals surface area contributed by atoms with Gasteiger partial charge < -0.3 is 4.74 Å². The van der Waals surface area contributed by atoms with Gasteiger partial charge in [0.25, 0.3) is 0 Å². The summed E-state index contributed by atoms with van der Waals surface area (Å²) in [6.07, 6.45) is -0.844. The smallest absolute Gasteiger partial charge is 0.392 e. The van der Waals surface area contributed by atoms with Gasteiger partial charge in [0.1, 0.15) is 0 Å². The molecule has 0 aromatic rings. The number of alkyl halides is 3. The summed E-state index contributed by atoms with van der Waals surface area (Å²) >= 11 is 0. The Kier molecular flexibility index (Phi) is 2.16. The normalized spacial score (nSPS) is 17.9. The molecular weight excluding hydrogens is 159 g/mol. The van der Waals surface area contributed by atoms with E-state index in [4.69, 9.17) is 0 Å². The van der Waals surface area contributed by atoms with Gasteiger partial charge in [-0.25, -0.2) is 4.99 Å². The minimum atomic E-state index is -4.61. The molecule has 0 spiro atoms. The molecule has 5 heteroatoms. The molecule has 62 valence electrons. The van der Waals surface area contributed by atoms with Gasteiger partial charge in [-0.05, 0) is 6.42 Å². The fourth-order valence-corrected chi connectivity index (χ4v) is 0.693. The molecule has 0 fully saturated rings. The third kappa shape index (κ3) is 3.06. The standard InChI is InChI=1S/C6H6F3NO/c7-6(8,9)11-5-3-1-2-4-10-5/h2,4H,1,3H2. The van der Waals surface area contributed by atoms with Crippen molar-refractivity contribution in [2.75, 3.05) is 0 Å². The third-order valence-electron chi connectivity index (χ3n) is 1.08. The summed E-state index contributed by atoms with van der Waals surface area (Å²) in [4.78, 5) is 3.41. The number of ether oxygens (including phenoxy) is 1. The van der Waals surface area contributed by atoms with Crippen molar-refractivity contribution in [1.29, 1.82) is 0 Å². The van der Waals surface area contributed by atoms with Crippen LogP contribution in [0.2, 0.25) is 0 Å². The largest absolute Gasteiger partial charge is 0.574 e. The molecule has 11 heavy (non-hydrogen) atoms. The average molecular weight is 165 g/mol. The summed E-state index contributed by atoms with van der Waals surface area (Å²) in [5.41, 5.74) is 0. The first-order chi connectivity index (χ1) is 5.08. The molecule has 0 aromatic heterocycles. The minimum Gasteiger partial charge on any atom is -0.392 e. The molecule has 1 heterocycles. The van der Waals surface area contributed by atoms with E-state index in [2.05, 4.69) is 9.73 Å². The van der Waals surface area contributed by atoms with Gasteiger partial charge in [-0.15, -0.1) is 13.2 Å². The van der Waals surface area contributed by atoms with Gasteiger partial charge in [0.2, 0.25) is 0 Å². The van der Waals surface area contributed by atoms with E-state index in [9.17, 15) is 13.2 Å². The van der Waals surface area contributed by atoms with Gasteiger partial charge in [-0.3, -0.25) is 0 Å². The third-order valence-corrected chi connectivity index (χ3v) is 1.08. The molecule has 0 aliphatic carbocycles. The maximum absolute atomic E-state index is 11.5. The van der Waals surface area contributed by atoms with Crippen LogP contribution in [-0.4, -0.2) is 12.3 Å². The summed E-state index contributed by atoms with van der Waals surface area (Å²) in [5.74, 6) is -0.264. The molecule has 1 aliphatic rings. The van der Waals surface area contributed by atoms with Crippen molar-refractivity contribution in [2.45, 2.75) is 19.2 Å². The van der Waals surface area contributed by atoms with Crippen molar-refractivity contribution in [3.8, 4) is 0 Å². The molecule has 0 atom stereocenters. The van der Waals surface area contributed by atoms with Crippen LogP contribution in [0.1, 0.15) is 12.8 Å². The van der Waals surface area contributed by atoms with E-state index in [-0.39, 0.29) is 12.3 Å². The second-order valence-corrected chi connectivity index (χ2v) is 1.99. The number of rotatable bonds is 0. The fraction of sp³-hybridized carbons (Fsp3) is 0.500. The van der Waals surface area contributed by atoms with Crippen LogP contribution in [-0.2, 0) is 4.74 Å². The Morgan fingerprint density at radius 1 is 1.45 bits per heavy atom. The van der Waals surface area contributed by atoms with Crippen LogP contribution in [0.25, 0.3) is 0 Å². The molecule has 0 amide bonds. The molecule has 1 rings (SSSR count). The van der Waals surface area contributed by atoms with Crippen LogP contribution in [0.15, 0.2) is 17.3 Å². The van der Waals surface area contributed by atoms with Crippen molar-refractivity contribution >= 4 is 5.90 Å². The lowest BCUT2D eigenvalue weighted by atomic mass is 10.3. The number of allylic oxidation sites excluding steroid dienone is 1. The SMILES string of the molecule is FC(F)(F)OC1=NC=CCC1. The minimum absolute atomic E-state index is 0.218. The number of nitrogens with zero attached hydrogens (tertiary/aromatic N) is 1. The van der Waals surface area contributed by atoms with E-state index in [0.717, 1.165) is 0 Å². The predicted octanol–water partition coefficient (Wildman–Crippen LogP) is 2.23. The fourth-order valence-electron chi connectivity index (χ4n) is 0.693. The van der Waals surface area contributed by atoms with E-state index in [0.29, 0.717) is 6.42 Å². The molecule has 0 aromatic carbocycles. The van der Waals surface area contributed by atoms with Crippen molar-refractivity contribution in [2.24, 2.45) is 4.99 Å². The Labute approximate surface area is 61.4 Å². The highest BCUT2D eigenvalue weighted by molar-refractivity contribution is 5.77. The maximum Gasteiger partial charge on any atom is 0.574 e. The molecule has 0 N–H and O–H groups in total. The van der Waals surface area contributed by atoms with Crippen LogP contribution in [0.5, 0.6) is 0 Å². The van der Waals surface area contributed by atoms with Crippen molar-refractivity contribution in [1.82, 2.24) is 0 Å². The first-order valence-corrected chi connectivity index (χ1v) is 3.05. The first kappa shape index (κ1) is 8.10. The van der Waals surface area contributed by atoms with Crippen molar-refractivity contribution < 1.29 is 17.9 Å². The quantitative estimate of drug-likeness (QED) is 0.539. The number of hydrogen-bond donors (Lipinski definition) is 0. The van der Waals surface area contributed by atoms with E-state index < -0.39 is 6.36 Å². The van der Waals surface area contributed by atoms with Crippen LogP contribution >= 0.6 is 0 Å². The maximum atomic E-state index is 11.5. The highest BCUT2D eigenvalue weighted by Crippen LogP contribution is 2.19. The van der Waals surface area contributed by atoms with E-state index in [1.54, 1.807) is 6.08 Å². The monoisotopic (exact) mass is 165 g/mol. The summed E-state index contributed by atoms with van der Waals surface area (Å²) in [5, 5.41) is 0. The lowest BCUT2D eigenvalue weighted by molar-refractivity contribution is -0.284. The van der Waals surface area contributed by atoms with E-state index in [1.165, 1.54) is 6.20 Å². The summed E-state index contributed by atoms with van der Waals surface area (Å²) < 4.78 is 38.1. The number of aliphatic imine (C=N–C) groups is 1. The van der Waals surface area contributed by atoms with Gasteiger partial charge in [-0.1, -0.05) is 6.08 Å². The zero-order valence-electron chi connectivity index (χ0n) is 5.56. The number of halogens is 3. The Morgan fingerprint density at radius 3 is 2.64 bits per heavy atom. The molecule has 0 bridgehead atoms. The summed E-state index contributed by atoms with van der Waals surface area (Å²) in [6, 6.07) is 0. The Bertz CT molecular complexity index is 194. The van der Waals surface area contributed by atoms with Crippen LogP contribution in [0.3, 0.4) is 0 Å². The zero-order chi connectivity index (χ0) is 8.32.